The molecule has 0 amide bonds. The fraction of sp³-hybridized carbons (Fsp3) is 0.222. The Morgan fingerprint density at radius 1 is 0.537 bits per heavy atom. The molecular formula is C54H56Cl4N14O8. The SMILES string of the molecule is COc1cc(OC)c(Cl)c(Nc2ncccc2-c2cc(Nc3ccc(OCCN(C)C)cc3N)ncn2)c1Cl.COc1cc(OC)c(Cl)c(Nc2ncccc2-c2cc(Nc3ccc(OCCN(C)C)cc3[N+](=O)[O-])ncn2)c1Cl. The highest BCUT2D eigenvalue weighted by molar-refractivity contribution is 6.42. The van der Waals surface area contributed by atoms with E-state index in [4.69, 9.17) is 80.6 Å². The molecule has 0 fully saturated rings. The van der Waals surface area contributed by atoms with Crippen LogP contribution in [0.5, 0.6) is 34.5 Å². The third-order valence-corrected chi connectivity index (χ3v) is 13.0. The first-order chi connectivity index (χ1) is 38.5. The monoisotopic (exact) mass is 1170 g/mol. The van der Waals surface area contributed by atoms with Gasteiger partial charge in [0, 0.05) is 66.9 Å². The average molecular weight is 1170 g/mol. The van der Waals surface area contributed by atoms with Crippen LogP contribution in [0.1, 0.15) is 0 Å². The van der Waals surface area contributed by atoms with Gasteiger partial charge in [0.05, 0.1) is 73.6 Å². The topological polar surface area (TPSA) is 256 Å². The molecule has 26 heteroatoms. The lowest BCUT2D eigenvalue weighted by molar-refractivity contribution is -0.384. The van der Waals surface area contributed by atoms with Crippen molar-refractivity contribution in [1.29, 1.82) is 0 Å². The van der Waals surface area contributed by atoms with Crippen LogP contribution in [0, 0.1) is 10.1 Å². The summed E-state index contributed by atoms with van der Waals surface area (Å²) in [6, 6.07) is 23.9. The Morgan fingerprint density at radius 2 is 0.950 bits per heavy atom. The highest BCUT2D eigenvalue weighted by Gasteiger charge is 2.23. The van der Waals surface area contributed by atoms with Crippen molar-refractivity contribution in [2.24, 2.45) is 0 Å². The molecule has 0 bridgehead atoms. The van der Waals surface area contributed by atoms with Crippen molar-refractivity contribution in [3.05, 3.63) is 140 Å². The van der Waals surface area contributed by atoms with Crippen LogP contribution in [0.15, 0.2) is 110 Å². The zero-order chi connectivity index (χ0) is 57.5. The van der Waals surface area contributed by atoms with Crippen molar-refractivity contribution in [2.75, 3.05) is 110 Å². The van der Waals surface area contributed by atoms with E-state index in [1.165, 1.54) is 47.2 Å². The van der Waals surface area contributed by atoms with Crippen LogP contribution in [-0.4, -0.2) is 128 Å². The van der Waals surface area contributed by atoms with Crippen LogP contribution < -0.4 is 55.4 Å². The van der Waals surface area contributed by atoms with Gasteiger partial charge in [-0.1, -0.05) is 46.4 Å². The smallest absolute Gasteiger partial charge is 0.296 e. The molecular weight excluding hydrogens is 1110 g/mol. The third-order valence-electron chi connectivity index (χ3n) is 11.5. The molecule has 418 valence electrons. The minimum Gasteiger partial charge on any atom is -0.495 e. The van der Waals surface area contributed by atoms with E-state index in [2.05, 4.69) is 51.2 Å². The summed E-state index contributed by atoms with van der Waals surface area (Å²) >= 11 is 26.2. The van der Waals surface area contributed by atoms with Gasteiger partial charge in [0.15, 0.2) is 0 Å². The number of nitrogens with zero attached hydrogens (tertiary/aromatic N) is 9. The number of halogens is 4. The normalized spacial score (nSPS) is 10.8. The lowest BCUT2D eigenvalue weighted by Crippen LogP contribution is -2.19. The lowest BCUT2D eigenvalue weighted by atomic mass is 10.1. The van der Waals surface area contributed by atoms with Gasteiger partial charge < -0.3 is 65.2 Å². The predicted octanol–water partition coefficient (Wildman–Crippen LogP) is 12.1. The number of nitrogen functional groups attached to an aromatic ring is 1. The third kappa shape index (κ3) is 15.0. The second kappa shape index (κ2) is 28.0. The Balaban J connectivity index is 0.000000231. The molecule has 0 radical (unpaired) electrons. The largest absolute Gasteiger partial charge is 0.495 e. The molecule has 0 aliphatic carbocycles. The Hall–Kier alpha value is -8.38. The Labute approximate surface area is 481 Å². The van der Waals surface area contributed by atoms with E-state index in [0.29, 0.717) is 123 Å². The fourth-order valence-electron chi connectivity index (χ4n) is 7.37. The van der Waals surface area contributed by atoms with Gasteiger partial charge in [0.1, 0.15) is 109 Å². The molecule has 0 spiro atoms. The van der Waals surface area contributed by atoms with Gasteiger partial charge in [-0.15, -0.1) is 0 Å². The highest BCUT2D eigenvalue weighted by atomic mass is 35.5. The minimum atomic E-state index is -0.484. The van der Waals surface area contributed by atoms with E-state index in [0.717, 1.165) is 6.54 Å². The number of hydrogen-bond acceptors (Lipinski definition) is 21. The van der Waals surface area contributed by atoms with Gasteiger partial charge in [0.25, 0.3) is 5.69 Å². The first kappa shape index (κ1) is 59.3. The molecule has 80 heavy (non-hydrogen) atoms. The van der Waals surface area contributed by atoms with Gasteiger partial charge in [-0.05, 0) is 76.7 Å². The number of pyridine rings is 2. The van der Waals surface area contributed by atoms with Crippen molar-refractivity contribution in [3.63, 3.8) is 0 Å². The molecule has 22 nitrogen and oxygen atoms in total. The van der Waals surface area contributed by atoms with Crippen LogP contribution in [0.4, 0.5) is 57.4 Å². The molecule has 0 aliphatic heterocycles. The Bertz CT molecular complexity index is 3400. The molecule has 0 unspecified atom stereocenters. The number of aromatic nitrogens is 6. The molecule has 4 aromatic heterocycles. The summed E-state index contributed by atoms with van der Waals surface area (Å²) in [5.41, 5.74) is 10.7. The van der Waals surface area contributed by atoms with Crippen LogP contribution in [0.3, 0.4) is 0 Å². The summed E-state index contributed by atoms with van der Waals surface area (Å²) in [6.07, 6.45) is 6.04. The van der Waals surface area contributed by atoms with Crippen molar-refractivity contribution < 1.29 is 33.3 Å². The standard InChI is InChI=1S/C27H27Cl2N7O5.C27H29Cl2N7O3/c1-35(2)10-11-41-16-7-8-18(20(12-16)36(37)38)33-23-13-19(31-15-32-23)17-6-5-9-30-27(17)34-26-24(28)21(39-3)14-22(40-4)25(26)29;1-36(2)10-11-39-16-7-8-19(18(30)12-16)34-23-13-20(32-15-33-23)17-6-5-9-31-27(17)35-26-24(28)21(37-3)14-22(38-4)25(26)29/h5-9,12-15H,10-11H2,1-4H3,(H,30,34)(H,31,32,33);5-9,12-15H,10-11,30H2,1-4H3,(H,31,35)(H,32,33,34). The number of likely N-dealkylation sites (N-methyl/N-ethyl adjacent to an activating group) is 2. The number of methoxy groups -OCH3 is 4. The number of ether oxygens (including phenoxy) is 6. The Morgan fingerprint density at radius 3 is 1.35 bits per heavy atom. The van der Waals surface area contributed by atoms with Gasteiger partial charge in [0.2, 0.25) is 0 Å². The van der Waals surface area contributed by atoms with Crippen molar-refractivity contribution in [1.82, 2.24) is 39.7 Å². The molecule has 4 heterocycles. The van der Waals surface area contributed by atoms with Crippen LogP contribution >= 0.6 is 46.4 Å². The quantitative estimate of drug-likeness (QED) is 0.0227. The van der Waals surface area contributed by atoms with E-state index in [9.17, 15) is 10.1 Å². The van der Waals surface area contributed by atoms with E-state index in [-0.39, 0.29) is 31.5 Å². The number of hydrogen-bond donors (Lipinski definition) is 5. The molecule has 6 N–H and O–H groups in total. The number of rotatable bonds is 23. The van der Waals surface area contributed by atoms with Gasteiger partial charge in [-0.25, -0.2) is 29.9 Å². The molecule has 0 aliphatic rings. The number of nitro groups is 1. The summed E-state index contributed by atoms with van der Waals surface area (Å²) in [6.45, 7) is 2.44. The summed E-state index contributed by atoms with van der Waals surface area (Å²) in [5, 5.41) is 25.5. The Kier molecular flexibility index (Phi) is 20.7. The summed E-state index contributed by atoms with van der Waals surface area (Å²) < 4.78 is 32.9. The van der Waals surface area contributed by atoms with Crippen LogP contribution in [0.2, 0.25) is 20.1 Å². The first-order valence-electron chi connectivity index (χ1n) is 24.1. The van der Waals surface area contributed by atoms with E-state index in [1.807, 2.05) is 56.2 Å². The van der Waals surface area contributed by atoms with Crippen LogP contribution in [0.25, 0.3) is 22.5 Å². The first-order valence-corrected chi connectivity index (χ1v) is 25.6. The minimum absolute atomic E-state index is 0.160. The summed E-state index contributed by atoms with van der Waals surface area (Å²) in [5.74, 6) is 4.34. The maximum absolute atomic E-state index is 11.8. The maximum Gasteiger partial charge on any atom is 0.296 e. The van der Waals surface area contributed by atoms with Gasteiger partial charge >= 0.3 is 0 Å². The molecule has 8 aromatic rings. The van der Waals surface area contributed by atoms with E-state index in [1.54, 1.807) is 73.1 Å². The molecule has 8 rings (SSSR count). The molecule has 4 aromatic carbocycles. The summed E-state index contributed by atoms with van der Waals surface area (Å²) in [4.78, 5) is 41.7. The number of nitrogens with one attached hydrogen (secondary N) is 4. The number of benzene rings is 4. The molecule has 0 atom stereocenters. The lowest BCUT2D eigenvalue weighted by Gasteiger charge is -2.17. The summed E-state index contributed by atoms with van der Waals surface area (Å²) in [7, 11) is 13.8. The second-order valence-corrected chi connectivity index (χ2v) is 18.9. The number of nitro benzene ring substituents is 1. The molecule has 0 saturated carbocycles. The molecule has 0 saturated heterocycles. The zero-order valence-corrected chi connectivity index (χ0v) is 47.6. The van der Waals surface area contributed by atoms with E-state index < -0.39 is 4.92 Å². The van der Waals surface area contributed by atoms with Crippen molar-refractivity contribution in [3.8, 4) is 57.0 Å². The predicted molar refractivity (Wildman–Crippen MR) is 315 cm³/mol. The van der Waals surface area contributed by atoms with E-state index >= 15 is 0 Å². The van der Waals surface area contributed by atoms with Crippen LogP contribution in [-0.2, 0) is 0 Å². The average Bonchev–Trinajstić information content (AvgIpc) is 3.50. The van der Waals surface area contributed by atoms with Crippen molar-refractivity contribution >= 4 is 104 Å². The van der Waals surface area contributed by atoms with Crippen molar-refractivity contribution in [2.45, 2.75) is 0 Å². The van der Waals surface area contributed by atoms with Gasteiger partial charge in [-0.2, -0.15) is 0 Å². The number of anilines is 9. The maximum atomic E-state index is 11.8. The number of nitrogens with two attached hydrogens (primary N) is 1. The second-order valence-electron chi connectivity index (χ2n) is 17.4. The zero-order valence-electron chi connectivity index (χ0n) is 44.6. The van der Waals surface area contributed by atoms with Gasteiger partial charge in [-0.3, -0.25) is 10.1 Å². The fourth-order valence-corrected chi connectivity index (χ4v) is 8.56. The highest BCUT2D eigenvalue weighted by Crippen LogP contribution is 2.47.